The second-order valence-corrected chi connectivity index (χ2v) is 2.70. The molecule has 0 aromatic rings. The standard InChI is InChI=1S/C7H14O5/c1-10-6-4(8)3-12-7(11-2)5(6)9/h4-9H,3H2,1-2H3/t4-,5-,6-,7+/m0/s1. The summed E-state index contributed by atoms with van der Waals surface area (Å²) in [7, 11) is 2.85. The molecule has 0 radical (unpaired) electrons. The fraction of sp³-hybridized carbons (Fsp3) is 1.00. The molecule has 1 heterocycles. The Morgan fingerprint density at radius 1 is 1.25 bits per heavy atom. The van der Waals surface area contributed by atoms with Gasteiger partial charge in [0, 0.05) is 14.2 Å². The van der Waals surface area contributed by atoms with Crippen LogP contribution in [0.15, 0.2) is 0 Å². The topological polar surface area (TPSA) is 68.2 Å². The molecule has 2 N–H and O–H groups in total. The maximum absolute atomic E-state index is 9.46. The minimum Gasteiger partial charge on any atom is -0.388 e. The van der Waals surface area contributed by atoms with Crippen molar-refractivity contribution in [1.82, 2.24) is 0 Å². The second kappa shape index (κ2) is 4.15. The van der Waals surface area contributed by atoms with Gasteiger partial charge in [-0.25, -0.2) is 0 Å². The van der Waals surface area contributed by atoms with Crippen LogP contribution in [0.3, 0.4) is 0 Å². The summed E-state index contributed by atoms with van der Waals surface area (Å²) >= 11 is 0. The monoisotopic (exact) mass is 178 g/mol. The van der Waals surface area contributed by atoms with Crippen LogP contribution < -0.4 is 0 Å². The van der Waals surface area contributed by atoms with Gasteiger partial charge in [-0.15, -0.1) is 0 Å². The highest BCUT2D eigenvalue weighted by atomic mass is 16.7. The maximum Gasteiger partial charge on any atom is 0.185 e. The van der Waals surface area contributed by atoms with E-state index in [1.807, 2.05) is 0 Å². The fourth-order valence-corrected chi connectivity index (χ4v) is 1.27. The zero-order valence-electron chi connectivity index (χ0n) is 7.14. The van der Waals surface area contributed by atoms with Crippen LogP contribution in [0.1, 0.15) is 0 Å². The summed E-state index contributed by atoms with van der Waals surface area (Å²) in [6, 6.07) is 0. The van der Waals surface area contributed by atoms with Crippen LogP contribution in [0.4, 0.5) is 0 Å². The third-order valence-corrected chi connectivity index (χ3v) is 1.93. The molecule has 0 spiro atoms. The molecule has 0 saturated carbocycles. The summed E-state index contributed by atoms with van der Waals surface area (Å²) < 4.78 is 14.7. The van der Waals surface area contributed by atoms with Gasteiger partial charge in [0.05, 0.1) is 6.61 Å². The number of methoxy groups -OCH3 is 2. The van der Waals surface area contributed by atoms with Crippen LogP contribution in [0.25, 0.3) is 0 Å². The average molecular weight is 178 g/mol. The molecule has 72 valence electrons. The average Bonchev–Trinajstić information content (AvgIpc) is 2.06. The number of aliphatic hydroxyl groups excluding tert-OH is 2. The van der Waals surface area contributed by atoms with E-state index in [0.717, 1.165) is 0 Å². The first-order chi connectivity index (χ1) is 5.70. The molecule has 0 amide bonds. The lowest BCUT2D eigenvalue weighted by molar-refractivity contribution is -0.266. The highest BCUT2D eigenvalue weighted by molar-refractivity contribution is 4.83. The molecule has 5 nitrogen and oxygen atoms in total. The largest absolute Gasteiger partial charge is 0.388 e. The smallest absolute Gasteiger partial charge is 0.185 e. The van der Waals surface area contributed by atoms with Gasteiger partial charge in [-0.1, -0.05) is 0 Å². The molecule has 12 heavy (non-hydrogen) atoms. The van der Waals surface area contributed by atoms with Gasteiger partial charge in [-0.05, 0) is 0 Å². The lowest BCUT2D eigenvalue weighted by Gasteiger charge is -2.36. The molecule has 1 rings (SSSR count). The number of hydrogen-bond acceptors (Lipinski definition) is 5. The maximum atomic E-state index is 9.46. The van der Waals surface area contributed by atoms with Gasteiger partial charge in [-0.2, -0.15) is 0 Å². The Morgan fingerprint density at radius 2 is 1.92 bits per heavy atom. The van der Waals surface area contributed by atoms with E-state index in [-0.39, 0.29) is 6.61 Å². The minimum atomic E-state index is -0.941. The molecule has 1 aliphatic heterocycles. The molecule has 4 atom stereocenters. The van der Waals surface area contributed by atoms with Gasteiger partial charge in [0.2, 0.25) is 0 Å². The lowest BCUT2D eigenvalue weighted by atomic mass is 10.1. The van der Waals surface area contributed by atoms with E-state index < -0.39 is 24.6 Å². The van der Waals surface area contributed by atoms with Crippen LogP contribution in [0, 0.1) is 0 Å². The third kappa shape index (κ3) is 1.75. The SMILES string of the molecule is CO[C@@H]1OC[C@H](O)[C@H](OC)[C@@H]1O. The van der Waals surface area contributed by atoms with Crippen LogP contribution in [0.5, 0.6) is 0 Å². The normalized spacial score (nSPS) is 43.0. The van der Waals surface area contributed by atoms with Gasteiger partial charge in [-0.3, -0.25) is 0 Å². The van der Waals surface area contributed by atoms with Crippen molar-refractivity contribution in [2.45, 2.75) is 24.6 Å². The van der Waals surface area contributed by atoms with Gasteiger partial charge in [0.15, 0.2) is 6.29 Å². The van der Waals surface area contributed by atoms with Crippen molar-refractivity contribution < 1.29 is 24.4 Å². The highest BCUT2D eigenvalue weighted by Gasteiger charge is 2.38. The van der Waals surface area contributed by atoms with E-state index in [9.17, 15) is 10.2 Å². The number of hydrogen-bond donors (Lipinski definition) is 2. The molecule has 5 heteroatoms. The molecule has 0 aromatic carbocycles. The summed E-state index contributed by atoms with van der Waals surface area (Å²) in [6.45, 7) is 0.119. The molecular weight excluding hydrogens is 164 g/mol. The predicted octanol–water partition coefficient (Wildman–Crippen LogP) is -1.27. The Balaban J connectivity index is 2.56. The molecular formula is C7H14O5. The molecule has 1 aliphatic rings. The van der Waals surface area contributed by atoms with Crippen molar-refractivity contribution in [2.75, 3.05) is 20.8 Å². The van der Waals surface area contributed by atoms with Crippen LogP contribution >= 0.6 is 0 Å². The van der Waals surface area contributed by atoms with Gasteiger partial charge >= 0.3 is 0 Å². The molecule has 0 unspecified atom stereocenters. The summed E-state index contributed by atoms with van der Waals surface area (Å²) in [4.78, 5) is 0. The first-order valence-corrected chi connectivity index (χ1v) is 3.74. The highest BCUT2D eigenvalue weighted by Crippen LogP contribution is 2.17. The van der Waals surface area contributed by atoms with Crippen molar-refractivity contribution >= 4 is 0 Å². The molecule has 0 aromatic heterocycles. The van der Waals surface area contributed by atoms with Crippen LogP contribution in [0.2, 0.25) is 0 Å². The van der Waals surface area contributed by atoms with Crippen LogP contribution in [-0.4, -0.2) is 55.6 Å². The summed E-state index contributed by atoms with van der Waals surface area (Å²) in [5, 5.41) is 18.8. The van der Waals surface area contributed by atoms with E-state index in [4.69, 9.17) is 14.2 Å². The Labute approximate surface area is 70.9 Å². The van der Waals surface area contributed by atoms with Gasteiger partial charge in [0.25, 0.3) is 0 Å². The minimum absolute atomic E-state index is 0.119. The first-order valence-electron chi connectivity index (χ1n) is 3.74. The first kappa shape index (κ1) is 9.88. The van der Waals surface area contributed by atoms with Crippen LogP contribution in [-0.2, 0) is 14.2 Å². The Bertz CT molecular complexity index is 140. The second-order valence-electron chi connectivity index (χ2n) is 2.70. The zero-order valence-corrected chi connectivity index (χ0v) is 7.14. The molecule has 1 fully saturated rings. The number of aliphatic hydroxyl groups is 2. The van der Waals surface area contributed by atoms with Crippen molar-refractivity contribution in [3.63, 3.8) is 0 Å². The van der Waals surface area contributed by atoms with Crippen molar-refractivity contribution in [3.05, 3.63) is 0 Å². The number of ether oxygens (including phenoxy) is 3. The van der Waals surface area contributed by atoms with Crippen molar-refractivity contribution in [1.29, 1.82) is 0 Å². The molecule has 1 saturated heterocycles. The fourth-order valence-electron chi connectivity index (χ4n) is 1.27. The van der Waals surface area contributed by atoms with Gasteiger partial charge < -0.3 is 24.4 Å². The van der Waals surface area contributed by atoms with E-state index in [1.54, 1.807) is 0 Å². The molecule has 0 aliphatic carbocycles. The quantitative estimate of drug-likeness (QED) is 0.551. The molecule has 0 bridgehead atoms. The summed E-state index contributed by atoms with van der Waals surface area (Å²) in [6.07, 6.45) is -3.08. The Kier molecular flexibility index (Phi) is 3.42. The lowest BCUT2D eigenvalue weighted by Crippen LogP contribution is -2.54. The number of rotatable bonds is 2. The summed E-state index contributed by atoms with van der Waals surface area (Å²) in [5.74, 6) is 0. The summed E-state index contributed by atoms with van der Waals surface area (Å²) in [5.41, 5.74) is 0. The van der Waals surface area contributed by atoms with E-state index in [0.29, 0.717) is 0 Å². The van der Waals surface area contributed by atoms with Crippen molar-refractivity contribution in [3.8, 4) is 0 Å². The van der Waals surface area contributed by atoms with Gasteiger partial charge in [0.1, 0.15) is 18.3 Å². The third-order valence-electron chi connectivity index (χ3n) is 1.93. The zero-order chi connectivity index (χ0) is 9.14. The van der Waals surface area contributed by atoms with Crippen molar-refractivity contribution in [2.24, 2.45) is 0 Å². The Morgan fingerprint density at radius 3 is 2.42 bits per heavy atom. The van der Waals surface area contributed by atoms with E-state index >= 15 is 0 Å². The predicted molar refractivity (Wildman–Crippen MR) is 39.6 cm³/mol. The van der Waals surface area contributed by atoms with E-state index in [1.165, 1.54) is 14.2 Å². The Hall–Kier alpha value is -0.200. The van der Waals surface area contributed by atoms with E-state index in [2.05, 4.69) is 0 Å².